The molecule has 1 aliphatic heterocycles. The third kappa shape index (κ3) is 6.03. The number of hydrogen-bond acceptors (Lipinski definition) is 4. The predicted octanol–water partition coefficient (Wildman–Crippen LogP) is 7.30. The molecule has 200 valence electrons. The second-order valence-electron chi connectivity index (χ2n) is 9.84. The first-order chi connectivity index (χ1) is 18.1. The molecule has 1 N–H and O–H groups in total. The number of phenolic OH excluding ortho intramolecular Hbond substituents is 1. The summed E-state index contributed by atoms with van der Waals surface area (Å²) in [5.41, 5.74) is 2.82. The molecule has 3 aromatic carbocycles. The highest BCUT2D eigenvalue weighted by Crippen LogP contribution is 2.38. The van der Waals surface area contributed by atoms with Crippen molar-refractivity contribution in [2.45, 2.75) is 32.0 Å². The van der Waals surface area contributed by atoms with Gasteiger partial charge in [-0.25, -0.2) is 0 Å². The van der Waals surface area contributed by atoms with E-state index >= 15 is 0 Å². The van der Waals surface area contributed by atoms with Gasteiger partial charge in [0.2, 0.25) is 0 Å². The average Bonchev–Trinajstić information content (AvgIpc) is 2.86. The smallest absolute Gasteiger partial charge is 0.258 e. The van der Waals surface area contributed by atoms with Crippen LogP contribution in [-0.4, -0.2) is 59.6 Å². The van der Waals surface area contributed by atoms with Gasteiger partial charge in [-0.3, -0.25) is 14.6 Å². The summed E-state index contributed by atoms with van der Waals surface area (Å²) in [7, 11) is 1.64. The number of phenols is 1. The quantitative estimate of drug-likeness (QED) is 0.302. The van der Waals surface area contributed by atoms with E-state index in [9.17, 15) is 9.90 Å². The van der Waals surface area contributed by atoms with E-state index in [2.05, 4.69) is 30.2 Å². The SMILES string of the molecule is C=CCN1C[C@H](C)N([C@@H](c2cccc(O)c2)c2cccc(C(=O)N(C)c3c(Cl)cc(Cl)cc3Cl)c2)C[C@H]1C. The molecule has 5 nitrogen and oxygen atoms in total. The van der Waals surface area contributed by atoms with Crippen molar-refractivity contribution in [1.82, 2.24) is 9.80 Å². The van der Waals surface area contributed by atoms with Crippen LogP contribution in [0.25, 0.3) is 0 Å². The monoisotopic (exact) mass is 571 g/mol. The minimum absolute atomic E-state index is 0.161. The molecule has 0 aromatic heterocycles. The van der Waals surface area contributed by atoms with Gasteiger partial charge in [-0.05, 0) is 61.4 Å². The van der Waals surface area contributed by atoms with Gasteiger partial charge in [-0.1, -0.05) is 65.1 Å². The Morgan fingerprint density at radius 2 is 1.66 bits per heavy atom. The topological polar surface area (TPSA) is 47.0 Å². The lowest BCUT2D eigenvalue weighted by molar-refractivity contribution is 0.0306. The molecular weight excluding hydrogens is 541 g/mol. The molecule has 3 aromatic rings. The summed E-state index contributed by atoms with van der Waals surface area (Å²) in [5, 5.41) is 11.3. The summed E-state index contributed by atoms with van der Waals surface area (Å²) in [5.74, 6) is -0.0395. The van der Waals surface area contributed by atoms with Crippen LogP contribution in [0, 0.1) is 0 Å². The van der Waals surface area contributed by atoms with Crippen molar-refractivity contribution < 1.29 is 9.90 Å². The molecule has 38 heavy (non-hydrogen) atoms. The molecule has 4 rings (SSSR count). The van der Waals surface area contributed by atoms with Crippen molar-refractivity contribution in [2.24, 2.45) is 0 Å². The van der Waals surface area contributed by atoms with E-state index in [0.717, 1.165) is 30.8 Å². The minimum Gasteiger partial charge on any atom is -0.508 e. The number of carbonyl (C=O) groups is 1. The zero-order chi connectivity index (χ0) is 27.6. The zero-order valence-electron chi connectivity index (χ0n) is 21.7. The molecule has 0 unspecified atom stereocenters. The number of amides is 1. The predicted molar refractivity (Wildman–Crippen MR) is 158 cm³/mol. The molecule has 0 saturated carbocycles. The van der Waals surface area contributed by atoms with Gasteiger partial charge in [-0.15, -0.1) is 6.58 Å². The Hall–Kier alpha value is -2.54. The lowest BCUT2D eigenvalue weighted by Crippen LogP contribution is -2.57. The molecule has 1 amide bonds. The summed E-state index contributed by atoms with van der Waals surface area (Å²) < 4.78 is 0. The van der Waals surface area contributed by atoms with E-state index in [1.165, 1.54) is 4.90 Å². The minimum atomic E-state index is -0.246. The number of halogens is 3. The van der Waals surface area contributed by atoms with Crippen LogP contribution in [0.3, 0.4) is 0 Å². The number of rotatable bonds is 7. The number of aromatic hydroxyl groups is 1. The number of carbonyl (C=O) groups excluding carboxylic acids is 1. The lowest BCUT2D eigenvalue weighted by Gasteiger charge is -2.47. The third-order valence-electron chi connectivity index (χ3n) is 7.12. The first kappa shape index (κ1) is 28.5. The van der Waals surface area contributed by atoms with Gasteiger partial charge < -0.3 is 10.0 Å². The molecule has 1 saturated heterocycles. The molecule has 3 atom stereocenters. The van der Waals surface area contributed by atoms with Crippen LogP contribution in [0.5, 0.6) is 5.75 Å². The van der Waals surface area contributed by atoms with Crippen molar-refractivity contribution in [3.63, 3.8) is 0 Å². The number of anilines is 1. The Kier molecular flexibility index (Phi) is 9.07. The van der Waals surface area contributed by atoms with Gasteiger partial charge in [0.05, 0.1) is 21.8 Å². The van der Waals surface area contributed by atoms with Gasteiger partial charge in [-0.2, -0.15) is 0 Å². The fourth-order valence-corrected chi connectivity index (χ4v) is 6.34. The zero-order valence-corrected chi connectivity index (χ0v) is 24.0. The summed E-state index contributed by atoms with van der Waals surface area (Å²) >= 11 is 18.9. The number of hydrogen-bond donors (Lipinski definition) is 1. The Morgan fingerprint density at radius 3 is 2.29 bits per heavy atom. The summed E-state index contributed by atoms with van der Waals surface area (Å²) in [4.78, 5) is 19.9. The second-order valence-corrected chi connectivity index (χ2v) is 11.1. The molecule has 0 aliphatic carbocycles. The maximum atomic E-state index is 13.6. The summed E-state index contributed by atoms with van der Waals surface area (Å²) in [6, 6.07) is 18.5. The number of nitrogens with zero attached hydrogens (tertiary/aromatic N) is 3. The van der Waals surface area contributed by atoms with Gasteiger partial charge in [0.25, 0.3) is 5.91 Å². The first-order valence-electron chi connectivity index (χ1n) is 12.5. The Bertz CT molecular complexity index is 1310. The highest BCUT2D eigenvalue weighted by atomic mass is 35.5. The van der Waals surface area contributed by atoms with E-state index in [1.807, 2.05) is 36.4 Å². The fourth-order valence-electron chi connectivity index (χ4n) is 5.27. The van der Waals surface area contributed by atoms with Crippen molar-refractivity contribution >= 4 is 46.4 Å². The van der Waals surface area contributed by atoms with Gasteiger partial charge in [0.15, 0.2) is 0 Å². The molecule has 0 spiro atoms. The van der Waals surface area contributed by atoms with E-state index in [4.69, 9.17) is 34.8 Å². The molecule has 0 bridgehead atoms. The number of benzene rings is 3. The lowest BCUT2D eigenvalue weighted by atomic mass is 9.92. The molecule has 0 radical (unpaired) electrons. The van der Waals surface area contributed by atoms with Crippen LogP contribution in [0.4, 0.5) is 5.69 Å². The Labute approximate surface area is 239 Å². The summed E-state index contributed by atoms with van der Waals surface area (Å²) in [6.45, 7) is 10.9. The second kappa shape index (κ2) is 12.1. The third-order valence-corrected chi connectivity index (χ3v) is 7.91. The van der Waals surface area contributed by atoms with Crippen molar-refractivity contribution in [3.05, 3.63) is 105 Å². The number of piperazine rings is 1. The van der Waals surface area contributed by atoms with Gasteiger partial charge in [0, 0.05) is 49.4 Å². The van der Waals surface area contributed by atoms with E-state index < -0.39 is 0 Å². The van der Waals surface area contributed by atoms with Crippen LogP contribution in [-0.2, 0) is 0 Å². The van der Waals surface area contributed by atoms with Crippen molar-refractivity contribution in [2.75, 3.05) is 31.6 Å². The van der Waals surface area contributed by atoms with Crippen LogP contribution < -0.4 is 4.90 Å². The maximum absolute atomic E-state index is 13.6. The summed E-state index contributed by atoms with van der Waals surface area (Å²) in [6.07, 6.45) is 1.94. The van der Waals surface area contributed by atoms with E-state index in [0.29, 0.717) is 32.4 Å². The van der Waals surface area contributed by atoms with Crippen molar-refractivity contribution in [3.8, 4) is 5.75 Å². The van der Waals surface area contributed by atoms with Gasteiger partial charge in [0.1, 0.15) is 5.75 Å². The highest BCUT2D eigenvalue weighted by molar-refractivity contribution is 6.42. The Balaban J connectivity index is 1.73. The van der Waals surface area contributed by atoms with E-state index in [-0.39, 0.29) is 23.7 Å². The Morgan fingerprint density at radius 1 is 1.03 bits per heavy atom. The molecule has 1 fully saturated rings. The normalized spacial score (nSPS) is 19.2. The molecule has 8 heteroatoms. The highest BCUT2D eigenvalue weighted by Gasteiger charge is 2.35. The largest absolute Gasteiger partial charge is 0.508 e. The van der Waals surface area contributed by atoms with E-state index in [1.54, 1.807) is 37.4 Å². The van der Waals surface area contributed by atoms with Crippen molar-refractivity contribution in [1.29, 1.82) is 0 Å². The van der Waals surface area contributed by atoms with Crippen LogP contribution in [0.2, 0.25) is 15.1 Å². The average molecular weight is 573 g/mol. The van der Waals surface area contributed by atoms with Crippen LogP contribution >= 0.6 is 34.8 Å². The molecule has 1 heterocycles. The maximum Gasteiger partial charge on any atom is 0.258 e. The van der Waals surface area contributed by atoms with Gasteiger partial charge >= 0.3 is 0 Å². The van der Waals surface area contributed by atoms with Crippen LogP contribution in [0.15, 0.2) is 73.3 Å². The van der Waals surface area contributed by atoms with Crippen LogP contribution in [0.1, 0.15) is 41.4 Å². The first-order valence-corrected chi connectivity index (χ1v) is 13.7. The fraction of sp³-hybridized carbons (Fsp3) is 0.300. The standard InChI is InChI=1S/C30H32Cl3N3O2/c1-5-12-35-17-20(3)36(18-19(35)2)28(22-9-7-11-25(37)14-22)21-8-6-10-23(13-21)30(38)34(4)29-26(32)15-24(31)16-27(29)33/h5-11,13-16,19-20,28,37H,1,12,17-18H2,2-4H3/t19-,20+,28-/m1/s1. The molecular formula is C30H32Cl3N3O2. The molecule has 1 aliphatic rings.